The van der Waals surface area contributed by atoms with Gasteiger partial charge in [0.15, 0.2) is 6.10 Å². The Bertz CT molecular complexity index is 907. The quantitative estimate of drug-likeness (QED) is 0.736. The van der Waals surface area contributed by atoms with Crippen molar-refractivity contribution in [2.45, 2.75) is 19.4 Å². The number of aryl methyl sites for hydroxylation is 1. The van der Waals surface area contributed by atoms with E-state index in [0.29, 0.717) is 23.6 Å². The van der Waals surface area contributed by atoms with Gasteiger partial charge >= 0.3 is 0 Å². The molecule has 1 aromatic heterocycles. The van der Waals surface area contributed by atoms with E-state index in [9.17, 15) is 9.90 Å². The minimum atomic E-state index is -1.22. The molecule has 2 aromatic carbocycles. The monoisotopic (exact) mass is 357 g/mol. The third kappa shape index (κ3) is 3.83. The summed E-state index contributed by atoms with van der Waals surface area (Å²) in [4.78, 5) is 21.8. The summed E-state index contributed by atoms with van der Waals surface area (Å²) in [7, 11) is 1.67. The highest BCUT2D eigenvalue weighted by molar-refractivity contribution is 6.30. The Morgan fingerprint density at radius 2 is 2.08 bits per heavy atom. The van der Waals surface area contributed by atoms with Gasteiger partial charge in [0.1, 0.15) is 5.82 Å². The number of aliphatic hydroxyl groups is 1. The molecular weight excluding hydrogens is 338 g/mol. The normalized spacial score (nSPS) is 12.3. The maximum absolute atomic E-state index is 12.4. The van der Waals surface area contributed by atoms with E-state index in [1.807, 2.05) is 25.1 Å². The number of nitrogens with one attached hydrogen (secondary N) is 1. The van der Waals surface area contributed by atoms with Crippen LogP contribution in [0.3, 0.4) is 0 Å². The van der Waals surface area contributed by atoms with E-state index in [4.69, 9.17) is 11.6 Å². The lowest BCUT2D eigenvalue weighted by molar-refractivity contribution is -0.139. The van der Waals surface area contributed by atoms with Crippen molar-refractivity contribution in [3.63, 3.8) is 0 Å². The van der Waals surface area contributed by atoms with Gasteiger partial charge in [-0.15, -0.1) is 0 Å². The number of carbonyl (C=O) groups excluding carboxylic acids is 1. The number of para-hydroxylation sites is 1. The standard InChI is InChI=1S/C19H20ClN3O2/c1-12-5-3-8-15-17(12)22-16(21-15)9-10-23(2)19(25)18(24)13-6-4-7-14(20)11-13/h3-8,11,18,24H,9-10H2,1-2H3,(H,21,22). The number of hydrogen-bond donors (Lipinski definition) is 2. The van der Waals surface area contributed by atoms with Crippen LogP contribution in [0.2, 0.25) is 5.02 Å². The van der Waals surface area contributed by atoms with Gasteiger partial charge in [0.05, 0.1) is 11.0 Å². The highest BCUT2D eigenvalue weighted by Crippen LogP contribution is 2.20. The molecule has 0 aliphatic rings. The lowest BCUT2D eigenvalue weighted by Gasteiger charge is -2.20. The molecule has 0 aliphatic heterocycles. The molecule has 0 aliphatic carbocycles. The summed E-state index contributed by atoms with van der Waals surface area (Å²) in [5.74, 6) is 0.454. The Morgan fingerprint density at radius 3 is 2.80 bits per heavy atom. The van der Waals surface area contributed by atoms with Crippen molar-refractivity contribution in [1.29, 1.82) is 0 Å². The number of aromatic amines is 1. The zero-order valence-electron chi connectivity index (χ0n) is 14.2. The van der Waals surface area contributed by atoms with Gasteiger partial charge < -0.3 is 15.0 Å². The number of nitrogens with zero attached hydrogens (tertiary/aromatic N) is 2. The summed E-state index contributed by atoms with van der Waals surface area (Å²) in [6.45, 7) is 2.47. The minimum absolute atomic E-state index is 0.366. The molecule has 0 radical (unpaired) electrons. The van der Waals surface area contributed by atoms with Crippen LogP contribution in [0, 0.1) is 6.92 Å². The van der Waals surface area contributed by atoms with E-state index < -0.39 is 6.10 Å². The number of hydrogen-bond acceptors (Lipinski definition) is 3. The fourth-order valence-electron chi connectivity index (χ4n) is 2.76. The number of halogens is 1. The molecule has 6 heteroatoms. The van der Waals surface area contributed by atoms with Crippen molar-refractivity contribution in [1.82, 2.24) is 14.9 Å². The fourth-order valence-corrected chi connectivity index (χ4v) is 2.96. The van der Waals surface area contributed by atoms with Crippen LogP contribution in [0.5, 0.6) is 0 Å². The van der Waals surface area contributed by atoms with Crippen LogP contribution in [0.15, 0.2) is 42.5 Å². The molecule has 0 saturated heterocycles. The Morgan fingerprint density at radius 1 is 1.32 bits per heavy atom. The highest BCUT2D eigenvalue weighted by atomic mass is 35.5. The van der Waals surface area contributed by atoms with E-state index in [0.717, 1.165) is 22.4 Å². The zero-order valence-corrected chi connectivity index (χ0v) is 14.9. The van der Waals surface area contributed by atoms with Gasteiger partial charge in [0, 0.05) is 25.0 Å². The lowest BCUT2D eigenvalue weighted by atomic mass is 10.1. The molecule has 0 fully saturated rings. The minimum Gasteiger partial charge on any atom is -0.378 e. The predicted octanol–water partition coefficient (Wildman–Crippen LogP) is 3.26. The van der Waals surface area contributed by atoms with Gasteiger partial charge in [0.2, 0.25) is 0 Å². The molecule has 25 heavy (non-hydrogen) atoms. The van der Waals surface area contributed by atoms with E-state index in [1.165, 1.54) is 4.90 Å². The molecule has 2 N–H and O–H groups in total. The van der Waals surface area contributed by atoms with Crippen LogP contribution in [-0.4, -0.2) is 39.5 Å². The molecule has 1 amide bonds. The van der Waals surface area contributed by atoms with Gasteiger partial charge in [-0.3, -0.25) is 4.79 Å². The zero-order chi connectivity index (χ0) is 18.0. The summed E-state index contributed by atoms with van der Waals surface area (Å²) in [6, 6.07) is 12.7. The maximum Gasteiger partial charge on any atom is 0.255 e. The number of fused-ring (bicyclic) bond motifs is 1. The van der Waals surface area contributed by atoms with E-state index in [-0.39, 0.29) is 5.91 Å². The van der Waals surface area contributed by atoms with Crippen LogP contribution in [0.25, 0.3) is 11.0 Å². The van der Waals surface area contributed by atoms with Crippen molar-refractivity contribution < 1.29 is 9.90 Å². The van der Waals surface area contributed by atoms with Crippen LogP contribution < -0.4 is 0 Å². The Hall–Kier alpha value is -2.37. The number of imidazole rings is 1. The number of benzene rings is 2. The second-order valence-electron chi connectivity index (χ2n) is 6.12. The van der Waals surface area contributed by atoms with Crippen LogP contribution in [0.4, 0.5) is 0 Å². The molecule has 1 unspecified atom stereocenters. The summed E-state index contributed by atoms with van der Waals surface area (Å²) in [5, 5.41) is 10.7. The molecular formula is C19H20ClN3O2. The Kier molecular flexibility index (Phi) is 5.06. The summed E-state index contributed by atoms with van der Waals surface area (Å²) < 4.78 is 0. The molecule has 5 nitrogen and oxygen atoms in total. The molecule has 3 rings (SSSR count). The molecule has 1 atom stereocenters. The van der Waals surface area contributed by atoms with Gasteiger partial charge in [-0.05, 0) is 36.2 Å². The number of likely N-dealkylation sites (N-methyl/N-ethyl adjacent to an activating group) is 1. The first-order chi connectivity index (χ1) is 12.0. The first kappa shape index (κ1) is 17.5. The molecule has 3 aromatic rings. The highest BCUT2D eigenvalue weighted by Gasteiger charge is 2.21. The van der Waals surface area contributed by atoms with Crippen LogP contribution in [-0.2, 0) is 11.2 Å². The SMILES string of the molecule is Cc1cccc2[nH]c(CCN(C)C(=O)C(O)c3cccc(Cl)c3)nc12. The van der Waals surface area contributed by atoms with E-state index >= 15 is 0 Å². The first-order valence-electron chi connectivity index (χ1n) is 8.08. The molecule has 0 saturated carbocycles. The average Bonchev–Trinajstić information content (AvgIpc) is 3.03. The molecule has 130 valence electrons. The summed E-state index contributed by atoms with van der Waals surface area (Å²) >= 11 is 5.92. The second kappa shape index (κ2) is 7.25. The number of aromatic nitrogens is 2. The number of aliphatic hydroxyl groups excluding tert-OH is 1. The van der Waals surface area contributed by atoms with Crippen molar-refractivity contribution in [3.05, 3.63) is 64.4 Å². The van der Waals surface area contributed by atoms with Crippen molar-refractivity contribution in [2.24, 2.45) is 0 Å². The van der Waals surface area contributed by atoms with Crippen molar-refractivity contribution in [3.8, 4) is 0 Å². The van der Waals surface area contributed by atoms with Gasteiger partial charge in [-0.1, -0.05) is 35.9 Å². The number of H-pyrrole nitrogens is 1. The Labute approximate surface area is 151 Å². The van der Waals surface area contributed by atoms with Crippen molar-refractivity contribution >= 4 is 28.5 Å². The predicted molar refractivity (Wildman–Crippen MR) is 98.6 cm³/mol. The fraction of sp³-hybridized carbons (Fsp3) is 0.263. The van der Waals surface area contributed by atoms with Crippen molar-refractivity contribution in [2.75, 3.05) is 13.6 Å². The lowest BCUT2D eigenvalue weighted by Crippen LogP contribution is -2.33. The smallest absolute Gasteiger partial charge is 0.255 e. The first-order valence-corrected chi connectivity index (χ1v) is 8.46. The Balaban J connectivity index is 1.65. The number of rotatable bonds is 5. The van der Waals surface area contributed by atoms with E-state index in [2.05, 4.69) is 9.97 Å². The molecule has 1 heterocycles. The number of amides is 1. The number of carbonyl (C=O) groups is 1. The van der Waals surface area contributed by atoms with Crippen LogP contribution in [0.1, 0.15) is 23.1 Å². The van der Waals surface area contributed by atoms with Crippen LogP contribution >= 0.6 is 11.6 Å². The summed E-state index contributed by atoms with van der Waals surface area (Å²) in [5.41, 5.74) is 3.54. The topological polar surface area (TPSA) is 69.2 Å². The largest absolute Gasteiger partial charge is 0.378 e. The second-order valence-corrected chi connectivity index (χ2v) is 6.56. The maximum atomic E-state index is 12.4. The average molecular weight is 358 g/mol. The molecule has 0 spiro atoms. The summed E-state index contributed by atoms with van der Waals surface area (Å²) in [6.07, 6.45) is -0.639. The third-order valence-electron chi connectivity index (χ3n) is 4.22. The third-order valence-corrected chi connectivity index (χ3v) is 4.46. The molecule has 0 bridgehead atoms. The van der Waals surface area contributed by atoms with Gasteiger partial charge in [-0.25, -0.2) is 4.98 Å². The van der Waals surface area contributed by atoms with Gasteiger partial charge in [0.25, 0.3) is 5.91 Å². The van der Waals surface area contributed by atoms with Gasteiger partial charge in [-0.2, -0.15) is 0 Å². The van der Waals surface area contributed by atoms with E-state index in [1.54, 1.807) is 31.3 Å².